The standard InChI is InChI=1S/C13H25N3O2S/c1-9(2)15-12(17)6-4-3-5-11-10(7-8-19-11)16-13(14)18/h9-11H,3-8H2,1-2H3,(H,15,17)(H3,14,16,18). The highest BCUT2D eigenvalue weighted by Gasteiger charge is 2.28. The van der Waals surface area contributed by atoms with Gasteiger partial charge in [0.1, 0.15) is 0 Å². The van der Waals surface area contributed by atoms with Crippen LogP contribution in [-0.4, -0.2) is 35.0 Å². The molecule has 6 heteroatoms. The number of carbonyl (C=O) groups is 2. The van der Waals surface area contributed by atoms with Gasteiger partial charge in [-0.05, 0) is 38.9 Å². The number of primary amides is 1. The molecule has 5 nitrogen and oxygen atoms in total. The zero-order chi connectivity index (χ0) is 14.3. The van der Waals surface area contributed by atoms with Crippen LogP contribution in [0.25, 0.3) is 0 Å². The molecular formula is C13H25N3O2S. The Morgan fingerprint density at radius 2 is 2.11 bits per heavy atom. The van der Waals surface area contributed by atoms with Crippen molar-refractivity contribution < 1.29 is 9.59 Å². The third-order valence-corrected chi connectivity index (χ3v) is 4.59. The first kappa shape index (κ1) is 16.1. The Bertz CT molecular complexity index is 310. The van der Waals surface area contributed by atoms with Crippen molar-refractivity contribution in [3.05, 3.63) is 0 Å². The predicted octanol–water partition coefficient (Wildman–Crippen LogP) is 1.61. The maximum atomic E-state index is 11.5. The Kier molecular flexibility index (Phi) is 7.05. The first-order valence-corrected chi connectivity index (χ1v) is 8.01. The van der Waals surface area contributed by atoms with Crippen molar-refractivity contribution in [3.8, 4) is 0 Å². The van der Waals surface area contributed by atoms with Crippen LogP contribution in [0.2, 0.25) is 0 Å². The minimum Gasteiger partial charge on any atom is -0.354 e. The van der Waals surface area contributed by atoms with Gasteiger partial charge in [-0.1, -0.05) is 6.42 Å². The van der Waals surface area contributed by atoms with Gasteiger partial charge < -0.3 is 16.4 Å². The molecule has 2 atom stereocenters. The van der Waals surface area contributed by atoms with E-state index in [1.807, 2.05) is 25.6 Å². The topological polar surface area (TPSA) is 84.2 Å². The van der Waals surface area contributed by atoms with Crippen LogP contribution < -0.4 is 16.4 Å². The molecular weight excluding hydrogens is 262 g/mol. The summed E-state index contributed by atoms with van der Waals surface area (Å²) < 4.78 is 0. The highest BCUT2D eigenvalue weighted by atomic mass is 32.2. The van der Waals surface area contributed by atoms with E-state index in [9.17, 15) is 9.59 Å². The molecule has 0 spiro atoms. The Labute approximate surface area is 119 Å². The van der Waals surface area contributed by atoms with E-state index in [4.69, 9.17) is 5.73 Å². The molecule has 1 aliphatic heterocycles. The molecule has 0 aliphatic carbocycles. The van der Waals surface area contributed by atoms with Crippen molar-refractivity contribution in [3.63, 3.8) is 0 Å². The van der Waals surface area contributed by atoms with Gasteiger partial charge in [-0.25, -0.2) is 4.79 Å². The molecule has 1 aliphatic rings. The number of rotatable bonds is 7. The fourth-order valence-electron chi connectivity index (χ4n) is 2.31. The lowest BCUT2D eigenvalue weighted by Crippen LogP contribution is -2.42. The molecule has 0 radical (unpaired) electrons. The lowest BCUT2D eigenvalue weighted by molar-refractivity contribution is -0.121. The van der Waals surface area contributed by atoms with Crippen LogP contribution in [0.4, 0.5) is 4.79 Å². The summed E-state index contributed by atoms with van der Waals surface area (Å²) in [6, 6.07) is -0.0252. The van der Waals surface area contributed by atoms with Gasteiger partial charge in [-0.15, -0.1) is 0 Å². The van der Waals surface area contributed by atoms with Crippen LogP contribution in [0.1, 0.15) is 46.0 Å². The van der Waals surface area contributed by atoms with Crippen LogP contribution in [0, 0.1) is 0 Å². The van der Waals surface area contributed by atoms with Crippen LogP contribution in [0.5, 0.6) is 0 Å². The summed E-state index contributed by atoms with van der Waals surface area (Å²) in [5, 5.41) is 6.14. The number of amides is 3. The van der Waals surface area contributed by atoms with Crippen molar-refractivity contribution in [1.82, 2.24) is 10.6 Å². The molecule has 19 heavy (non-hydrogen) atoms. The normalized spacial score (nSPS) is 22.5. The quantitative estimate of drug-likeness (QED) is 0.622. The average molecular weight is 287 g/mol. The summed E-state index contributed by atoms with van der Waals surface area (Å²) in [6.45, 7) is 3.93. The van der Waals surface area contributed by atoms with E-state index in [2.05, 4.69) is 10.6 Å². The summed E-state index contributed by atoms with van der Waals surface area (Å²) in [5.41, 5.74) is 5.16. The largest absolute Gasteiger partial charge is 0.354 e. The van der Waals surface area contributed by atoms with Gasteiger partial charge in [-0.3, -0.25) is 4.79 Å². The molecule has 110 valence electrons. The van der Waals surface area contributed by atoms with Gasteiger partial charge in [-0.2, -0.15) is 11.8 Å². The smallest absolute Gasteiger partial charge is 0.312 e. The summed E-state index contributed by atoms with van der Waals surface area (Å²) in [6.07, 6.45) is 4.53. The molecule has 0 aromatic carbocycles. The first-order valence-electron chi connectivity index (χ1n) is 6.96. The Morgan fingerprint density at radius 1 is 1.37 bits per heavy atom. The zero-order valence-corrected chi connectivity index (χ0v) is 12.6. The number of nitrogens with two attached hydrogens (primary N) is 1. The van der Waals surface area contributed by atoms with Crippen LogP contribution >= 0.6 is 11.8 Å². The first-order chi connectivity index (χ1) is 8.99. The maximum Gasteiger partial charge on any atom is 0.312 e. The number of nitrogens with one attached hydrogen (secondary N) is 2. The lowest BCUT2D eigenvalue weighted by atomic mass is 10.0. The lowest BCUT2D eigenvalue weighted by Gasteiger charge is -2.18. The fourth-order valence-corrected chi connectivity index (χ4v) is 3.77. The molecule has 1 heterocycles. The Balaban J connectivity index is 2.14. The van der Waals surface area contributed by atoms with Crippen molar-refractivity contribution in [2.75, 3.05) is 5.75 Å². The number of hydrogen-bond donors (Lipinski definition) is 3. The van der Waals surface area contributed by atoms with Crippen molar-refractivity contribution in [1.29, 1.82) is 0 Å². The van der Waals surface area contributed by atoms with E-state index in [1.54, 1.807) is 0 Å². The zero-order valence-electron chi connectivity index (χ0n) is 11.8. The van der Waals surface area contributed by atoms with Crippen LogP contribution in [0.3, 0.4) is 0 Å². The molecule has 1 fully saturated rings. The number of urea groups is 1. The van der Waals surface area contributed by atoms with Crippen molar-refractivity contribution in [2.45, 2.75) is 63.3 Å². The summed E-state index contributed by atoms with van der Waals surface area (Å²) in [4.78, 5) is 22.3. The van der Waals surface area contributed by atoms with E-state index in [0.29, 0.717) is 11.7 Å². The highest BCUT2D eigenvalue weighted by Crippen LogP contribution is 2.30. The molecule has 0 saturated carbocycles. The fraction of sp³-hybridized carbons (Fsp3) is 0.846. The van der Waals surface area contributed by atoms with E-state index < -0.39 is 6.03 Å². The molecule has 1 rings (SSSR count). The number of unbranched alkanes of at least 4 members (excludes halogenated alkanes) is 1. The Morgan fingerprint density at radius 3 is 2.74 bits per heavy atom. The van der Waals surface area contributed by atoms with Gasteiger partial charge in [0.2, 0.25) is 5.91 Å². The van der Waals surface area contributed by atoms with Gasteiger partial charge in [0.25, 0.3) is 0 Å². The minimum absolute atomic E-state index is 0.126. The van der Waals surface area contributed by atoms with E-state index in [-0.39, 0.29) is 18.0 Å². The van der Waals surface area contributed by atoms with Crippen LogP contribution in [0.15, 0.2) is 0 Å². The van der Waals surface area contributed by atoms with Gasteiger partial charge in [0.15, 0.2) is 0 Å². The third-order valence-electron chi connectivity index (χ3n) is 3.13. The Hall–Kier alpha value is -0.910. The van der Waals surface area contributed by atoms with E-state index >= 15 is 0 Å². The molecule has 4 N–H and O–H groups in total. The molecule has 0 aromatic heterocycles. The number of hydrogen-bond acceptors (Lipinski definition) is 3. The molecule has 0 aromatic rings. The maximum absolute atomic E-state index is 11.5. The van der Waals surface area contributed by atoms with E-state index in [1.165, 1.54) is 0 Å². The average Bonchev–Trinajstić information content (AvgIpc) is 2.70. The molecule has 0 bridgehead atoms. The van der Waals surface area contributed by atoms with Gasteiger partial charge in [0, 0.05) is 23.8 Å². The third kappa shape index (κ3) is 6.71. The summed E-state index contributed by atoms with van der Waals surface area (Å²) in [5.74, 6) is 1.20. The van der Waals surface area contributed by atoms with Crippen molar-refractivity contribution in [2.24, 2.45) is 5.73 Å². The minimum atomic E-state index is -0.436. The molecule has 1 saturated heterocycles. The predicted molar refractivity (Wildman–Crippen MR) is 79.1 cm³/mol. The second-order valence-electron chi connectivity index (χ2n) is 5.28. The number of thioether (sulfide) groups is 1. The molecule has 2 unspecified atom stereocenters. The summed E-state index contributed by atoms with van der Waals surface area (Å²) >= 11 is 1.89. The van der Waals surface area contributed by atoms with Crippen LogP contribution in [-0.2, 0) is 4.79 Å². The van der Waals surface area contributed by atoms with E-state index in [0.717, 1.165) is 31.4 Å². The summed E-state index contributed by atoms with van der Waals surface area (Å²) in [7, 11) is 0. The highest BCUT2D eigenvalue weighted by molar-refractivity contribution is 8.00. The van der Waals surface area contributed by atoms with Gasteiger partial charge >= 0.3 is 6.03 Å². The monoisotopic (exact) mass is 287 g/mol. The molecule has 3 amide bonds. The van der Waals surface area contributed by atoms with Gasteiger partial charge in [0.05, 0.1) is 0 Å². The SMILES string of the molecule is CC(C)NC(=O)CCCCC1SCCC1NC(N)=O. The second-order valence-corrected chi connectivity index (χ2v) is 6.63. The second kappa shape index (κ2) is 8.30. The number of carbonyl (C=O) groups excluding carboxylic acids is 2. The van der Waals surface area contributed by atoms with Crippen molar-refractivity contribution >= 4 is 23.7 Å².